The number of carbonyl (C=O) groups is 1. The molecule has 1 heterocycles. The second-order valence-electron chi connectivity index (χ2n) is 6.18. The van der Waals surface area contributed by atoms with Gasteiger partial charge in [-0.15, -0.1) is 11.8 Å². The van der Waals surface area contributed by atoms with Crippen LogP contribution < -0.4 is 21.9 Å². The average Bonchev–Trinajstić information content (AvgIpc) is 2.69. The van der Waals surface area contributed by atoms with E-state index in [1.165, 1.54) is 33.4 Å². The summed E-state index contributed by atoms with van der Waals surface area (Å²) in [6.45, 7) is 4.20. The van der Waals surface area contributed by atoms with Gasteiger partial charge < -0.3 is 10.6 Å². The second kappa shape index (κ2) is 9.92. The molecule has 0 unspecified atom stereocenters. The molecule has 0 aliphatic carbocycles. The fourth-order valence-corrected chi connectivity index (χ4v) is 3.50. The molecule has 0 fully saturated rings. The number of hydrogen-bond donors (Lipinski definition) is 2. The molecule has 0 aliphatic heterocycles. The average molecular weight is 421 g/mol. The second-order valence-corrected chi connectivity index (χ2v) is 7.22. The van der Waals surface area contributed by atoms with Crippen LogP contribution >= 0.6 is 11.8 Å². The summed E-state index contributed by atoms with van der Waals surface area (Å²) in [4.78, 5) is 51.5. The fraction of sp³-hybridized carbons (Fsp3) is 0.389. The Morgan fingerprint density at radius 1 is 1.28 bits per heavy atom. The van der Waals surface area contributed by atoms with Gasteiger partial charge in [-0.2, -0.15) is 0 Å². The van der Waals surface area contributed by atoms with Gasteiger partial charge in [0.25, 0.3) is 11.2 Å². The number of H-pyrrole nitrogens is 1. The standard InChI is InChI=1S/C18H23N5O5S/c1-3-5-10-22-16(19)15(17(25)20-18(22)26)21(4-2)14(24)11-29-13-8-6-12(7-9-13)23(27)28/h6-9H,3-5,10-11,19H2,1-2H3,(H,20,25,26). The van der Waals surface area contributed by atoms with Crippen LogP contribution in [0.25, 0.3) is 0 Å². The lowest BCUT2D eigenvalue weighted by atomic mass is 10.3. The van der Waals surface area contributed by atoms with E-state index in [-0.39, 0.29) is 35.4 Å². The first kappa shape index (κ1) is 22.2. The number of nitrogens with one attached hydrogen (secondary N) is 1. The molecule has 1 amide bonds. The highest BCUT2D eigenvalue weighted by atomic mass is 32.2. The summed E-state index contributed by atoms with van der Waals surface area (Å²) in [6, 6.07) is 5.82. The van der Waals surface area contributed by atoms with Crippen molar-refractivity contribution in [3.05, 3.63) is 55.2 Å². The zero-order chi connectivity index (χ0) is 21.6. The Balaban J connectivity index is 2.23. The lowest BCUT2D eigenvalue weighted by Gasteiger charge is -2.23. The first-order valence-corrected chi connectivity index (χ1v) is 10.1. The molecular weight excluding hydrogens is 398 g/mol. The SMILES string of the molecule is CCCCn1c(N)c(N(CC)C(=O)CSc2ccc([N+](=O)[O-])cc2)c(=O)[nH]c1=O. The molecule has 10 nitrogen and oxygen atoms in total. The van der Waals surface area contributed by atoms with Crippen LogP contribution in [0.4, 0.5) is 17.2 Å². The minimum Gasteiger partial charge on any atom is -0.383 e. The minimum absolute atomic E-state index is 0.00137. The monoisotopic (exact) mass is 421 g/mol. The number of hydrogen-bond acceptors (Lipinski definition) is 7. The van der Waals surface area contributed by atoms with E-state index in [9.17, 15) is 24.5 Å². The van der Waals surface area contributed by atoms with Gasteiger partial charge in [0.05, 0.1) is 10.7 Å². The molecule has 0 saturated heterocycles. The number of nitrogens with two attached hydrogens (primary N) is 1. The number of aromatic amines is 1. The number of nitro groups is 1. The number of thioether (sulfide) groups is 1. The van der Waals surface area contributed by atoms with Gasteiger partial charge in [-0.25, -0.2) is 4.79 Å². The molecule has 2 rings (SSSR count). The normalized spacial score (nSPS) is 10.7. The van der Waals surface area contributed by atoms with E-state index in [1.807, 2.05) is 6.92 Å². The van der Waals surface area contributed by atoms with Crippen LogP contribution in [0.3, 0.4) is 0 Å². The summed E-state index contributed by atoms with van der Waals surface area (Å²) in [5, 5.41) is 10.7. The third-order valence-corrected chi connectivity index (χ3v) is 5.24. The Morgan fingerprint density at radius 3 is 2.48 bits per heavy atom. The van der Waals surface area contributed by atoms with Gasteiger partial charge in [0.2, 0.25) is 5.91 Å². The minimum atomic E-state index is -0.712. The number of nitro benzene ring substituents is 1. The molecule has 0 atom stereocenters. The van der Waals surface area contributed by atoms with E-state index in [0.29, 0.717) is 17.9 Å². The zero-order valence-electron chi connectivity index (χ0n) is 16.2. The highest BCUT2D eigenvalue weighted by Crippen LogP contribution is 2.23. The van der Waals surface area contributed by atoms with Gasteiger partial charge in [-0.3, -0.25) is 29.3 Å². The molecule has 29 heavy (non-hydrogen) atoms. The van der Waals surface area contributed by atoms with Crippen molar-refractivity contribution in [2.45, 2.75) is 38.1 Å². The topological polar surface area (TPSA) is 144 Å². The Bertz CT molecular complexity index is 999. The Labute approximate surface area is 170 Å². The van der Waals surface area contributed by atoms with Crippen molar-refractivity contribution in [2.75, 3.05) is 22.9 Å². The Morgan fingerprint density at radius 2 is 1.93 bits per heavy atom. The number of nitrogens with zero attached hydrogens (tertiary/aromatic N) is 3. The van der Waals surface area contributed by atoms with Gasteiger partial charge in [-0.05, 0) is 25.5 Å². The van der Waals surface area contributed by atoms with Crippen LogP contribution in [0.5, 0.6) is 0 Å². The number of anilines is 2. The van der Waals surface area contributed by atoms with E-state index in [4.69, 9.17) is 5.73 Å². The summed E-state index contributed by atoms with van der Waals surface area (Å²) in [5.41, 5.74) is 4.67. The quantitative estimate of drug-likeness (QED) is 0.358. The maximum Gasteiger partial charge on any atom is 0.330 e. The van der Waals surface area contributed by atoms with Crippen LogP contribution in [-0.2, 0) is 11.3 Å². The third-order valence-electron chi connectivity index (χ3n) is 4.25. The van der Waals surface area contributed by atoms with Crippen LogP contribution in [0.1, 0.15) is 26.7 Å². The highest BCUT2D eigenvalue weighted by molar-refractivity contribution is 8.00. The molecule has 0 radical (unpaired) electrons. The number of unbranched alkanes of at least 4 members (excludes halogenated alkanes) is 1. The van der Waals surface area contributed by atoms with Crippen molar-refractivity contribution < 1.29 is 9.72 Å². The Kier molecular flexibility index (Phi) is 7.59. The molecular formula is C18H23N5O5S. The van der Waals surface area contributed by atoms with E-state index in [2.05, 4.69) is 4.98 Å². The smallest absolute Gasteiger partial charge is 0.330 e. The van der Waals surface area contributed by atoms with Gasteiger partial charge in [0.1, 0.15) is 5.82 Å². The number of non-ortho nitro benzene ring substituents is 1. The summed E-state index contributed by atoms with van der Waals surface area (Å²) in [6.07, 6.45) is 1.54. The first-order chi connectivity index (χ1) is 13.8. The molecule has 0 bridgehead atoms. The molecule has 0 spiro atoms. The number of amides is 1. The van der Waals surface area contributed by atoms with Crippen LogP contribution in [0.15, 0.2) is 38.8 Å². The van der Waals surface area contributed by atoms with Crippen molar-refractivity contribution in [1.82, 2.24) is 9.55 Å². The van der Waals surface area contributed by atoms with Crippen LogP contribution in [0, 0.1) is 10.1 Å². The largest absolute Gasteiger partial charge is 0.383 e. The maximum atomic E-state index is 12.7. The predicted octanol–water partition coefficient (Wildman–Crippen LogP) is 1.97. The van der Waals surface area contributed by atoms with Gasteiger partial charge >= 0.3 is 5.69 Å². The Hall–Kier alpha value is -3.08. The van der Waals surface area contributed by atoms with Crippen molar-refractivity contribution in [3.8, 4) is 0 Å². The zero-order valence-corrected chi connectivity index (χ0v) is 17.0. The number of benzene rings is 1. The molecule has 11 heteroatoms. The number of nitrogen functional groups attached to an aromatic ring is 1. The third kappa shape index (κ3) is 5.25. The van der Waals surface area contributed by atoms with Gasteiger partial charge in [-0.1, -0.05) is 13.3 Å². The molecule has 156 valence electrons. The van der Waals surface area contributed by atoms with Crippen molar-refractivity contribution in [3.63, 3.8) is 0 Å². The molecule has 1 aromatic carbocycles. The van der Waals surface area contributed by atoms with Gasteiger partial charge in [0.15, 0.2) is 5.69 Å². The van der Waals surface area contributed by atoms with Crippen molar-refractivity contribution >= 4 is 34.9 Å². The lowest BCUT2D eigenvalue weighted by molar-refractivity contribution is -0.384. The summed E-state index contributed by atoms with van der Waals surface area (Å²) < 4.78 is 1.26. The molecule has 0 saturated carbocycles. The number of carbonyl (C=O) groups excluding carboxylic acids is 1. The fourth-order valence-electron chi connectivity index (χ4n) is 2.72. The first-order valence-electron chi connectivity index (χ1n) is 9.10. The molecule has 2 aromatic rings. The van der Waals surface area contributed by atoms with E-state index >= 15 is 0 Å². The number of rotatable bonds is 9. The van der Waals surface area contributed by atoms with E-state index < -0.39 is 16.2 Å². The molecule has 0 aliphatic rings. The highest BCUT2D eigenvalue weighted by Gasteiger charge is 2.23. The van der Waals surface area contributed by atoms with Gasteiger partial charge in [0, 0.05) is 30.1 Å². The maximum absolute atomic E-state index is 12.7. The lowest BCUT2D eigenvalue weighted by Crippen LogP contribution is -2.41. The van der Waals surface area contributed by atoms with Crippen LogP contribution in [0.2, 0.25) is 0 Å². The summed E-state index contributed by atoms with van der Waals surface area (Å²) in [7, 11) is 0. The number of aromatic nitrogens is 2. The molecule has 3 N–H and O–H groups in total. The van der Waals surface area contributed by atoms with Crippen molar-refractivity contribution in [2.24, 2.45) is 0 Å². The van der Waals surface area contributed by atoms with E-state index in [0.717, 1.165) is 6.42 Å². The van der Waals surface area contributed by atoms with E-state index in [1.54, 1.807) is 19.1 Å². The van der Waals surface area contributed by atoms with Crippen LogP contribution in [-0.4, -0.2) is 32.7 Å². The summed E-state index contributed by atoms with van der Waals surface area (Å²) >= 11 is 1.18. The summed E-state index contributed by atoms with van der Waals surface area (Å²) in [5.74, 6) is -0.407. The van der Waals surface area contributed by atoms with Crippen molar-refractivity contribution in [1.29, 1.82) is 0 Å². The molecule has 1 aromatic heterocycles. The predicted molar refractivity (Wildman–Crippen MR) is 112 cm³/mol.